The molecule has 0 saturated carbocycles. The van der Waals surface area contributed by atoms with Crippen molar-refractivity contribution in [3.05, 3.63) is 23.8 Å². The van der Waals surface area contributed by atoms with E-state index in [0.29, 0.717) is 36.6 Å². The van der Waals surface area contributed by atoms with Crippen molar-refractivity contribution >= 4 is 24.2 Å². The van der Waals surface area contributed by atoms with Crippen LogP contribution in [-0.2, 0) is 4.79 Å². The molecular weight excluding hydrogens is 396 g/mol. The highest BCUT2D eigenvalue weighted by atomic mass is 35.5. The predicted octanol–water partition coefficient (Wildman–Crippen LogP) is 0.705. The van der Waals surface area contributed by atoms with Crippen molar-refractivity contribution in [1.29, 1.82) is 0 Å². The first-order valence-corrected chi connectivity index (χ1v) is 9.84. The van der Waals surface area contributed by atoms with E-state index >= 15 is 0 Å². The quantitative estimate of drug-likeness (QED) is 0.722. The zero-order valence-electron chi connectivity index (χ0n) is 17.2. The predicted molar refractivity (Wildman–Crippen MR) is 113 cm³/mol. The molecule has 0 aromatic heterocycles. The molecule has 9 heteroatoms. The molecule has 2 amide bonds. The third kappa shape index (κ3) is 5.98. The van der Waals surface area contributed by atoms with Crippen LogP contribution in [0.25, 0.3) is 0 Å². The fourth-order valence-electron chi connectivity index (χ4n) is 3.65. The van der Waals surface area contributed by atoms with Crippen LogP contribution in [0.4, 0.5) is 0 Å². The van der Waals surface area contributed by atoms with E-state index in [4.69, 9.17) is 9.47 Å². The fourth-order valence-corrected chi connectivity index (χ4v) is 3.65. The molecule has 29 heavy (non-hydrogen) atoms. The normalized spacial score (nSPS) is 17.4. The molecule has 1 aromatic carbocycles. The number of rotatable bonds is 6. The lowest BCUT2D eigenvalue weighted by atomic mass is 10.1. The maximum Gasteiger partial charge on any atom is 0.254 e. The van der Waals surface area contributed by atoms with Crippen molar-refractivity contribution in [3.8, 4) is 11.5 Å². The lowest BCUT2D eigenvalue weighted by Crippen LogP contribution is -2.50. The van der Waals surface area contributed by atoms with E-state index in [-0.39, 0.29) is 24.2 Å². The van der Waals surface area contributed by atoms with Gasteiger partial charge in [-0.25, -0.2) is 0 Å². The van der Waals surface area contributed by atoms with Crippen LogP contribution in [0.2, 0.25) is 0 Å². The van der Waals surface area contributed by atoms with Crippen LogP contribution in [0, 0.1) is 0 Å². The standard InChI is InChI=1S/C20H30N4O4.ClH/c1-27-17-4-3-16(15-18(17)28-2)20(26)24-13-11-22(12-14-24)8-5-19(25)23-9-6-21-7-10-23;/h3-4,15,21H,5-14H2,1-2H3;1H. The topological polar surface area (TPSA) is 74.4 Å². The van der Waals surface area contributed by atoms with Gasteiger partial charge in [-0.2, -0.15) is 0 Å². The maximum atomic E-state index is 12.8. The summed E-state index contributed by atoms with van der Waals surface area (Å²) in [5, 5.41) is 3.26. The zero-order valence-corrected chi connectivity index (χ0v) is 18.0. The minimum Gasteiger partial charge on any atom is -0.493 e. The van der Waals surface area contributed by atoms with E-state index in [2.05, 4.69) is 10.2 Å². The summed E-state index contributed by atoms with van der Waals surface area (Å²) in [7, 11) is 3.14. The first-order chi connectivity index (χ1) is 13.6. The third-order valence-electron chi connectivity index (χ3n) is 5.40. The number of hydrogen-bond donors (Lipinski definition) is 1. The molecule has 2 aliphatic heterocycles. The van der Waals surface area contributed by atoms with E-state index in [9.17, 15) is 9.59 Å². The van der Waals surface area contributed by atoms with Crippen molar-refractivity contribution < 1.29 is 19.1 Å². The van der Waals surface area contributed by atoms with Gasteiger partial charge in [0.25, 0.3) is 5.91 Å². The summed E-state index contributed by atoms with van der Waals surface area (Å²) in [6.07, 6.45) is 0.545. The van der Waals surface area contributed by atoms with Crippen LogP contribution in [0.1, 0.15) is 16.8 Å². The number of hydrogen-bond acceptors (Lipinski definition) is 6. The highest BCUT2D eigenvalue weighted by Crippen LogP contribution is 2.28. The van der Waals surface area contributed by atoms with Crippen molar-refractivity contribution in [3.63, 3.8) is 0 Å². The molecule has 2 fully saturated rings. The summed E-state index contributed by atoms with van der Waals surface area (Å²) < 4.78 is 10.5. The Morgan fingerprint density at radius 2 is 1.59 bits per heavy atom. The molecule has 3 rings (SSSR count). The van der Waals surface area contributed by atoms with Crippen LogP contribution in [-0.4, -0.2) is 99.6 Å². The molecule has 0 unspecified atom stereocenters. The van der Waals surface area contributed by atoms with E-state index in [1.54, 1.807) is 32.4 Å². The number of halogens is 1. The number of amides is 2. The summed E-state index contributed by atoms with van der Waals surface area (Å²) in [6, 6.07) is 5.24. The molecule has 2 saturated heterocycles. The van der Waals surface area contributed by atoms with Crippen molar-refractivity contribution in [2.24, 2.45) is 0 Å². The van der Waals surface area contributed by atoms with E-state index in [1.807, 2.05) is 9.80 Å². The van der Waals surface area contributed by atoms with Gasteiger partial charge >= 0.3 is 0 Å². The van der Waals surface area contributed by atoms with Crippen molar-refractivity contribution in [2.75, 3.05) is 73.1 Å². The summed E-state index contributed by atoms with van der Waals surface area (Å²) >= 11 is 0. The molecule has 2 aliphatic rings. The van der Waals surface area contributed by atoms with Gasteiger partial charge in [0.15, 0.2) is 11.5 Å². The van der Waals surface area contributed by atoms with Gasteiger partial charge in [-0.05, 0) is 18.2 Å². The number of carbonyl (C=O) groups is 2. The number of nitrogens with zero attached hydrogens (tertiary/aromatic N) is 3. The smallest absolute Gasteiger partial charge is 0.254 e. The molecule has 0 atom stereocenters. The largest absolute Gasteiger partial charge is 0.493 e. The summed E-state index contributed by atoms with van der Waals surface area (Å²) in [4.78, 5) is 31.1. The Hall–Kier alpha value is -2.03. The van der Waals surface area contributed by atoms with Gasteiger partial charge in [-0.3, -0.25) is 14.5 Å². The van der Waals surface area contributed by atoms with Gasteiger partial charge < -0.3 is 24.6 Å². The van der Waals surface area contributed by atoms with Gasteiger partial charge in [0.2, 0.25) is 5.91 Å². The Morgan fingerprint density at radius 1 is 0.931 bits per heavy atom. The Bertz CT molecular complexity index is 689. The van der Waals surface area contributed by atoms with E-state index in [1.165, 1.54) is 0 Å². The second kappa shape index (κ2) is 11.2. The molecule has 162 valence electrons. The number of benzene rings is 1. The average Bonchev–Trinajstić information content (AvgIpc) is 2.77. The second-order valence-corrected chi connectivity index (χ2v) is 7.08. The van der Waals surface area contributed by atoms with Gasteiger partial charge in [-0.15, -0.1) is 12.4 Å². The van der Waals surface area contributed by atoms with E-state index < -0.39 is 0 Å². The second-order valence-electron chi connectivity index (χ2n) is 7.08. The Labute approximate surface area is 178 Å². The van der Waals surface area contributed by atoms with Gasteiger partial charge in [0.05, 0.1) is 14.2 Å². The first kappa shape index (κ1) is 23.3. The average molecular weight is 427 g/mol. The molecule has 1 aromatic rings. The summed E-state index contributed by atoms with van der Waals surface area (Å²) in [6.45, 7) is 7.00. The highest BCUT2D eigenvalue weighted by molar-refractivity contribution is 5.95. The first-order valence-electron chi connectivity index (χ1n) is 9.84. The number of methoxy groups -OCH3 is 2. The van der Waals surface area contributed by atoms with E-state index in [0.717, 1.165) is 45.8 Å². The van der Waals surface area contributed by atoms with Crippen LogP contribution >= 0.6 is 12.4 Å². The molecule has 0 spiro atoms. The minimum absolute atomic E-state index is 0. The summed E-state index contributed by atoms with van der Waals surface area (Å²) in [5.41, 5.74) is 0.597. The lowest BCUT2D eigenvalue weighted by molar-refractivity contribution is -0.132. The molecule has 0 aliphatic carbocycles. The van der Waals surface area contributed by atoms with Crippen LogP contribution in [0.5, 0.6) is 11.5 Å². The Kier molecular flexibility index (Phi) is 9.00. The van der Waals surface area contributed by atoms with Crippen molar-refractivity contribution in [2.45, 2.75) is 6.42 Å². The number of piperazine rings is 2. The van der Waals surface area contributed by atoms with Gasteiger partial charge in [0, 0.05) is 70.9 Å². The van der Waals surface area contributed by atoms with Gasteiger partial charge in [-0.1, -0.05) is 0 Å². The molecule has 1 N–H and O–H groups in total. The summed E-state index contributed by atoms with van der Waals surface area (Å²) in [5.74, 6) is 1.39. The SMILES string of the molecule is COc1ccc(C(=O)N2CCN(CCC(=O)N3CCNCC3)CC2)cc1OC.Cl. The number of nitrogens with one attached hydrogen (secondary N) is 1. The molecular formula is C20H31ClN4O4. The van der Waals surface area contributed by atoms with Crippen LogP contribution in [0.3, 0.4) is 0 Å². The molecule has 0 bridgehead atoms. The van der Waals surface area contributed by atoms with Crippen LogP contribution in [0.15, 0.2) is 18.2 Å². The molecule has 0 radical (unpaired) electrons. The fraction of sp³-hybridized carbons (Fsp3) is 0.600. The van der Waals surface area contributed by atoms with Crippen LogP contribution < -0.4 is 14.8 Å². The Balaban J connectivity index is 0.00000300. The van der Waals surface area contributed by atoms with Crippen molar-refractivity contribution in [1.82, 2.24) is 20.0 Å². The monoisotopic (exact) mass is 426 g/mol. The minimum atomic E-state index is -0.00232. The third-order valence-corrected chi connectivity index (χ3v) is 5.40. The van der Waals surface area contributed by atoms with Gasteiger partial charge in [0.1, 0.15) is 0 Å². The number of ether oxygens (including phenoxy) is 2. The number of carbonyl (C=O) groups excluding carboxylic acids is 2. The molecule has 8 nitrogen and oxygen atoms in total. The zero-order chi connectivity index (χ0) is 19.9. The maximum absolute atomic E-state index is 12.8. The molecule has 2 heterocycles. The lowest BCUT2D eigenvalue weighted by Gasteiger charge is -2.35. The highest BCUT2D eigenvalue weighted by Gasteiger charge is 2.24. The Morgan fingerprint density at radius 3 is 2.21 bits per heavy atom.